The van der Waals surface area contributed by atoms with Crippen LogP contribution in [0.25, 0.3) is 0 Å². The fourth-order valence-corrected chi connectivity index (χ4v) is 2.42. The number of hydrogen-bond donors (Lipinski definition) is 3. The first-order chi connectivity index (χ1) is 9.67. The van der Waals surface area contributed by atoms with E-state index in [-0.39, 0.29) is 24.1 Å². The highest BCUT2D eigenvalue weighted by Gasteiger charge is 2.25. The van der Waals surface area contributed by atoms with Gasteiger partial charge in [0, 0.05) is 18.9 Å². The Morgan fingerprint density at radius 2 is 1.80 bits per heavy atom. The summed E-state index contributed by atoms with van der Waals surface area (Å²) in [5.74, 6) is -0.240. The van der Waals surface area contributed by atoms with Gasteiger partial charge in [-0.25, -0.2) is 0 Å². The molecule has 3 N–H and O–H groups in total. The predicted molar refractivity (Wildman–Crippen MR) is 75.6 cm³/mol. The molecule has 1 atom stereocenters. The lowest BCUT2D eigenvalue weighted by atomic mass is 10.1. The topological polar surface area (TPSA) is 64.6 Å². The Morgan fingerprint density at radius 1 is 1.10 bits per heavy atom. The zero-order chi connectivity index (χ0) is 14.5. The Morgan fingerprint density at radius 3 is 2.40 bits per heavy atom. The number of hydrogen-bond acceptors (Lipinski definition) is 3. The van der Waals surface area contributed by atoms with Gasteiger partial charge in [0.25, 0.3) is 0 Å². The van der Waals surface area contributed by atoms with E-state index in [1.165, 1.54) is 6.07 Å². The van der Waals surface area contributed by atoms with Crippen LogP contribution in [0.3, 0.4) is 0 Å². The molecule has 0 spiro atoms. The molecule has 0 saturated heterocycles. The average Bonchev–Trinajstić information content (AvgIpc) is 2.48. The lowest BCUT2D eigenvalue weighted by Gasteiger charge is -2.14. The van der Waals surface area contributed by atoms with Crippen LogP contribution in [0.2, 0.25) is 0 Å². The smallest absolute Gasteiger partial charge is 0.227 e. The molecule has 0 saturated carbocycles. The Kier molecular flexibility index (Phi) is 4.58. The van der Waals surface area contributed by atoms with Crippen LogP contribution in [0, 0.1) is 0 Å². The average molecular weight is 274 g/mol. The van der Waals surface area contributed by atoms with Gasteiger partial charge in [0.15, 0.2) is 18.0 Å². The standard InChI is InChI=1S/C16H19NO3/c1-2-14-16(20)15(19)8-9-17(14)13(11-18)10-12-6-4-3-5-7-12/h3-9,13,18,20H,2,10-11H2,1H3/p+1/t13-/m0/s1. The van der Waals surface area contributed by atoms with Gasteiger partial charge < -0.3 is 15.3 Å². The van der Waals surface area contributed by atoms with E-state index in [0.717, 1.165) is 5.56 Å². The molecule has 0 unspecified atom stereocenters. The molecule has 2 rings (SSSR count). The lowest BCUT2D eigenvalue weighted by molar-refractivity contribution is -0.731. The zero-order valence-electron chi connectivity index (χ0n) is 11.5. The van der Waals surface area contributed by atoms with Gasteiger partial charge >= 0.3 is 0 Å². The van der Waals surface area contributed by atoms with Crippen molar-refractivity contribution in [1.29, 1.82) is 0 Å². The Balaban J connectivity index is 2.35. The van der Waals surface area contributed by atoms with Crippen molar-refractivity contribution in [1.82, 2.24) is 0 Å². The third kappa shape index (κ3) is 2.91. The van der Waals surface area contributed by atoms with Gasteiger partial charge in [0.05, 0.1) is 0 Å². The monoisotopic (exact) mass is 274 g/mol. The molecular weight excluding hydrogens is 254 g/mol. The summed E-state index contributed by atoms with van der Waals surface area (Å²) in [6.45, 7) is 1.87. The highest BCUT2D eigenvalue weighted by atomic mass is 16.3. The van der Waals surface area contributed by atoms with E-state index in [4.69, 9.17) is 0 Å². The Bertz CT molecular complexity index is 569. The van der Waals surface area contributed by atoms with E-state index in [1.54, 1.807) is 6.20 Å². The summed E-state index contributed by atoms with van der Waals surface area (Å²) in [6.07, 6.45) is 2.95. The van der Waals surface area contributed by atoms with Crippen molar-refractivity contribution in [2.24, 2.45) is 0 Å². The highest BCUT2D eigenvalue weighted by molar-refractivity contribution is 5.37. The first-order valence-electron chi connectivity index (χ1n) is 6.77. The number of aromatic hydroxyl groups is 2. The number of rotatable bonds is 5. The number of aromatic nitrogens is 1. The second kappa shape index (κ2) is 6.39. The van der Waals surface area contributed by atoms with Gasteiger partial charge in [0.2, 0.25) is 11.4 Å². The summed E-state index contributed by atoms with van der Waals surface area (Å²) in [4.78, 5) is 0. The normalized spacial score (nSPS) is 12.3. The Labute approximate surface area is 118 Å². The maximum atomic E-state index is 9.94. The third-order valence-electron chi connectivity index (χ3n) is 3.47. The molecule has 0 amide bonds. The number of pyridine rings is 1. The first kappa shape index (κ1) is 14.3. The first-order valence-corrected chi connectivity index (χ1v) is 6.77. The van der Waals surface area contributed by atoms with Crippen LogP contribution in [0.5, 0.6) is 11.5 Å². The zero-order valence-corrected chi connectivity index (χ0v) is 11.5. The number of aliphatic hydroxyl groups is 1. The molecule has 0 aliphatic rings. The summed E-state index contributed by atoms with van der Waals surface area (Å²) in [5, 5.41) is 29.2. The van der Waals surface area contributed by atoms with Gasteiger partial charge in [-0.3, -0.25) is 0 Å². The van der Waals surface area contributed by atoms with Crippen molar-refractivity contribution in [2.75, 3.05) is 6.61 Å². The van der Waals surface area contributed by atoms with Gasteiger partial charge in [-0.05, 0) is 5.56 Å². The molecule has 0 radical (unpaired) electrons. The van der Waals surface area contributed by atoms with E-state index in [2.05, 4.69) is 0 Å². The maximum Gasteiger partial charge on any atom is 0.227 e. The van der Waals surface area contributed by atoms with Gasteiger partial charge in [-0.1, -0.05) is 37.3 Å². The van der Waals surface area contributed by atoms with E-state index >= 15 is 0 Å². The second-order valence-electron chi connectivity index (χ2n) is 4.78. The fraction of sp³-hybridized carbons (Fsp3) is 0.312. The maximum absolute atomic E-state index is 9.94. The van der Waals surface area contributed by atoms with Crippen LogP contribution in [0.4, 0.5) is 0 Å². The molecule has 1 aromatic carbocycles. The molecule has 0 bridgehead atoms. The second-order valence-corrected chi connectivity index (χ2v) is 4.78. The minimum absolute atomic E-state index is 0.0310. The molecule has 4 nitrogen and oxygen atoms in total. The highest BCUT2D eigenvalue weighted by Crippen LogP contribution is 2.27. The van der Waals surface area contributed by atoms with Crippen molar-refractivity contribution in [2.45, 2.75) is 25.8 Å². The van der Waals surface area contributed by atoms with Crippen LogP contribution >= 0.6 is 0 Å². The number of aliphatic hydroxyl groups excluding tert-OH is 1. The molecule has 0 fully saturated rings. The molecule has 1 heterocycles. The van der Waals surface area contributed by atoms with E-state index < -0.39 is 0 Å². The summed E-state index contributed by atoms with van der Waals surface area (Å²) < 4.78 is 1.84. The minimum atomic E-state index is -0.168. The summed E-state index contributed by atoms with van der Waals surface area (Å²) in [5.41, 5.74) is 1.74. The largest absolute Gasteiger partial charge is 0.504 e. The number of nitrogens with zero attached hydrogens (tertiary/aromatic N) is 1. The molecule has 0 aliphatic heterocycles. The molecule has 20 heavy (non-hydrogen) atoms. The summed E-state index contributed by atoms with van der Waals surface area (Å²) >= 11 is 0. The van der Waals surface area contributed by atoms with E-state index in [9.17, 15) is 15.3 Å². The van der Waals surface area contributed by atoms with Crippen LogP contribution in [0.1, 0.15) is 24.2 Å². The molecule has 0 aliphatic carbocycles. The number of benzene rings is 1. The van der Waals surface area contributed by atoms with Gasteiger partial charge in [-0.2, -0.15) is 4.57 Å². The molecular formula is C16H20NO3+. The quantitative estimate of drug-likeness (QED) is 0.727. The molecule has 1 aromatic heterocycles. The van der Waals surface area contributed by atoms with Crippen LogP contribution in [-0.4, -0.2) is 21.9 Å². The molecule has 106 valence electrons. The molecule has 2 aromatic rings. The molecule has 4 heteroatoms. The van der Waals surface area contributed by atoms with E-state index in [1.807, 2.05) is 41.8 Å². The van der Waals surface area contributed by atoms with Gasteiger partial charge in [0.1, 0.15) is 6.61 Å². The van der Waals surface area contributed by atoms with Crippen molar-refractivity contribution in [3.8, 4) is 11.5 Å². The van der Waals surface area contributed by atoms with Crippen LogP contribution in [-0.2, 0) is 12.8 Å². The third-order valence-corrected chi connectivity index (χ3v) is 3.47. The van der Waals surface area contributed by atoms with Crippen LogP contribution in [0.15, 0.2) is 42.6 Å². The summed E-state index contributed by atoms with van der Waals surface area (Å²) in [7, 11) is 0. The Hall–Kier alpha value is -2.07. The fourth-order valence-electron chi connectivity index (χ4n) is 2.42. The van der Waals surface area contributed by atoms with E-state index in [0.29, 0.717) is 18.5 Å². The van der Waals surface area contributed by atoms with Crippen LogP contribution < -0.4 is 4.57 Å². The SMILES string of the molecule is CCc1c(O)c(O)cc[n+]1[C@H](CO)Cc1ccccc1. The lowest BCUT2D eigenvalue weighted by Crippen LogP contribution is -2.46. The van der Waals surface area contributed by atoms with Crippen molar-refractivity contribution in [3.05, 3.63) is 53.9 Å². The van der Waals surface area contributed by atoms with Crippen molar-refractivity contribution < 1.29 is 19.9 Å². The van der Waals surface area contributed by atoms with Gasteiger partial charge in [-0.15, -0.1) is 0 Å². The minimum Gasteiger partial charge on any atom is -0.504 e. The van der Waals surface area contributed by atoms with Crippen molar-refractivity contribution >= 4 is 0 Å². The summed E-state index contributed by atoms with van der Waals surface area (Å²) in [6, 6.07) is 11.2. The predicted octanol–water partition coefficient (Wildman–Crippen LogP) is 1.72. The van der Waals surface area contributed by atoms with Crippen molar-refractivity contribution in [3.63, 3.8) is 0 Å².